The number of pyridine rings is 1. The van der Waals surface area contributed by atoms with E-state index in [1.165, 1.54) is 5.56 Å². The molecule has 1 aromatic heterocycles. The largest absolute Gasteiger partial charge is 0.389 e. The van der Waals surface area contributed by atoms with Gasteiger partial charge in [-0.15, -0.1) is 0 Å². The molecule has 0 saturated heterocycles. The van der Waals surface area contributed by atoms with Gasteiger partial charge in [0.2, 0.25) is 0 Å². The zero-order valence-electron chi connectivity index (χ0n) is 11.7. The number of aryl methyl sites for hydroxylation is 1. The Hall–Kier alpha value is -1.87. The summed E-state index contributed by atoms with van der Waals surface area (Å²) in [5.41, 5.74) is 3.24. The molecule has 0 aliphatic heterocycles. The van der Waals surface area contributed by atoms with Gasteiger partial charge in [0.05, 0.1) is 6.10 Å². The SMILES string of the molecule is CCN(c1ccc(C)cc1)c1cc(C(C)O)ccn1. The van der Waals surface area contributed by atoms with E-state index in [1.807, 2.05) is 12.1 Å². The van der Waals surface area contributed by atoms with Crippen LogP contribution in [0.5, 0.6) is 0 Å². The summed E-state index contributed by atoms with van der Waals surface area (Å²) in [7, 11) is 0. The molecule has 1 N–H and O–H groups in total. The van der Waals surface area contributed by atoms with Gasteiger partial charge in [0.1, 0.15) is 5.82 Å². The van der Waals surface area contributed by atoms with Crippen molar-refractivity contribution < 1.29 is 5.11 Å². The molecule has 1 atom stereocenters. The van der Waals surface area contributed by atoms with E-state index >= 15 is 0 Å². The van der Waals surface area contributed by atoms with Crippen LogP contribution in [-0.4, -0.2) is 16.6 Å². The molecule has 0 radical (unpaired) electrons. The highest BCUT2D eigenvalue weighted by molar-refractivity contribution is 5.60. The van der Waals surface area contributed by atoms with Gasteiger partial charge in [-0.1, -0.05) is 17.7 Å². The number of aromatic nitrogens is 1. The lowest BCUT2D eigenvalue weighted by Crippen LogP contribution is -2.17. The molecule has 19 heavy (non-hydrogen) atoms. The second-order valence-corrected chi connectivity index (χ2v) is 4.70. The number of aliphatic hydroxyl groups excluding tert-OH is 1. The molecule has 1 aromatic carbocycles. The minimum Gasteiger partial charge on any atom is -0.389 e. The van der Waals surface area contributed by atoms with Crippen molar-refractivity contribution in [1.82, 2.24) is 4.98 Å². The van der Waals surface area contributed by atoms with Crippen molar-refractivity contribution in [2.45, 2.75) is 26.9 Å². The number of hydrogen-bond donors (Lipinski definition) is 1. The zero-order chi connectivity index (χ0) is 13.8. The average Bonchev–Trinajstić information content (AvgIpc) is 2.42. The fourth-order valence-corrected chi connectivity index (χ4v) is 2.04. The van der Waals surface area contributed by atoms with Gasteiger partial charge < -0.3 is 10.0 Å². The van der Waals surface area contributed by atoms with Crippen molar-refractivity contribution in [3.05, 3.63) is 53.7 Å². The molecule has 100 valence electrons. The van der Waals surface area contributed by atoms with Crippen LogP contribution >= 0.6 is 0 Å². The lowest BCUT2D eigenvalue weighted by molar-refractivity contribution is 0.199. The predicted molar refractivity (Wildman–Crippen MR) is 78.7 cm³/mol. The van der Waals surface area contributed by atoms with Crippen molar-refractivity contribution in [2.24, 2.45) is 0 Å². The molecule has 2 aromatic rings. The number of benzene rings is 1. The third kappa shape index (κ3) is 3.12. The van der Waals surface area contributed by atoms with Gasteiger partial charge in [0.25, 0.3) is 0 Å². The lowest BCUT2D eigenvalue weighted by atomic mass is 10.1. The van der Waals surface area contributed by atoms with E-state index in [1.54, 1.807) is 13.1 Å². The molecule has 0 bridgehead atoms. The Labute approximate surface area is 114 Å². The molecule has 2 rings (SSSR count). The average molecular weight is 256 g/mol. The third-order valence-corrected chi connectivity index (χ3v) is 3.19. The van der Waals surface area contributed by atoms with Crippen LogP contribution in [0.2, 0.25) is 0 Å². The van der Waals surface area contributed by atoms with Crippen molar-refractivity contribution in [2.75, 3.05) is 11.4 Å². The Kier molecular flexibility index (Phi) is 4.17. The van der Waals surface area contributed by atoms with Gasteiger partial charge in [0, 0.05) is 18.4 Å². The first-order valence-electron chi connectivity index (χ1n) is 6.60. The van der Waals surface area contributed by atoms with Gasteiger partial charge in [-0.25, -0.2) is 4.98 Å². The molecule has 1 unspecified atom stereocenters. The fraction of sp³-hybridized carbons (Fsp3) is 0.312. The summed E-state index contributed by atoms with van der Waals surface area (Å²) < 4.78 is 0. The normalized spacial score (nSPS) is 12.2. The van der Waals surface area contributed by atoms with Crippen LogP contribution < -0.4 is 4.90 Å². The van der Waals surface area contributed by atoms with Gasteiger partial charge in [0.15, 0.2) is 0 Å². The van der Waals surface area contributed by atoms with E-state index in [4.69, 9.17) is 0 Å². The minimum absolute atomic E-state index is 0.474. The molecule has 1 heterocycles. The fourth-order valence-electron chi connectivity index (χ4n) is 2.04. The van der Waals surface area contributed by atoms with Crippen molar-refractivity contribution in [3.8, 4) is 0 Å². The van der Waals surface area contributed by atoms with Gasteiger partial charge >= 0.3 is 0 Å². The Balaban J connectivity index is 2.36. The van der Waals surface area contributed by atoms with Crippen LogP contribution in [0.15, 0.2) is 42.6 Å². The molecule has 0 fully saturated rings. The van der Waals surface area contributed by atoms with Crippen LogP contribution in [0.3, 0.4) is 0 Å². The summed E-state index contributed by atoms with van der Waals surface area (Å²) >= 11 is 0. The third-order valence-electron chi connectivity index (χ3n) is 3.19. The first-order valence-corrected chi connectivity index (χ1v) is 6.60. The van der Waals surface area contributed by atoms with E-state index in [0.29, 0.717) is 0 Å². The summed E-state index contributed by atoms with van der Waals surface area (Å²) in [6.45, 7) is 6.77. The Morgan fingerprint density at radius 3 is 2.47 bits per heavy atom. The zero-order valence-corrected chi connectivity index (χ0v) is 11.7. The minimum atomic E-state index is -0.474. The molecule has 0 aliphatic carbocycles. The maximum Gasteiger partial charge on any atom is 0.133 e. The van der Waals surface area contributed by atoms with Crippen LogP contribution in [0.25, 0.3) is 0 Å². The van der Waals surface area contributed by atoms with Crippen molar-refractivity contribution in [3.63, 3.8) is 0 Å². The summed E-state index contributed by atoms with van der Waals surface area (Å²) in [6, 6.07) is 12.2. The van der Waals surface area contributed by atoms with Crippen molar-refractivity contribution >= 4 is 11.5 Å². The molecule has 0 saturated carbocycles. The second kappa shape index (κ2) is 5.85. The number of anilines is 2. The Morgan fingerprint density at radius 2 is 1.89 bits per heavy atom. The molecule has 3 heteroatoms. The van der Waals surface area contributed by atoms with E-state index in [2.05, 4.69) is 48.0 Å². The first kappa shape index (κ1) is 13.6. The highest BCUT2D eigenvalue weighted by Gasteiger charge is 2.10. The molecular formula is C16H20N2O. The highest BCUT2D eigenvalue weighted by Crippen LogP contribution is 2.25. The standard InChI is InChI=1S/C16H20N2O/c1-4-18(15-7-5-12(2)6-8-15)16-11-14(13(3)19)9-10-17-16/h5-11,13,19H,4H2,1-3H3. The quantitative estimate of drug-likeness (QED) is 0.908. The first-order chi connectivity index (χ1) is 9.11. The maximum absolute atomic E-state index is 9.66. The smallest absolute Gasteiger partial charge is 0.133 e. The van der Waals surface area contributed by atoms with Crippen LogP contribution in [0.4, 0.5) is 11.5 Å². The second-order valence-electron chi connectivity index (χ2n) is 4.70. The Morgan fingerprint density at radius 1 is 1.21 bits per heavy atom. The predicted octanol–water partition coefficient (Wildman–Crippen LogP) is 3.60. The lowest BCUT2D eigenvalue weighted by Gasteiger charge is -2.23. The summed E-state index contributed by atoms with van der Waals surface area (Å²) in [4.78, 5) is 6.54. The molecule has 0 amide bonds. The van der Waals surface area contributed by atoms with Gasteiger partial charge in [-0.2, -0.15) is 0 Å². The van der Waals surface area contributed by atoms with E-state index < -0.39 is 6.10 Å². The van der Waals surface area contributed by atoms with Crippen LogP contribution in [0.1, 0.15) is 31.1 Å². The number of hydrogen-bond acceptors (Lipinski definition) is 3. The van der Waals surface area contributed by atoms with E-state index in [0.717, 1.165) is 23.6 Å². The Bertz CT molecular complexity index is 535. The number of rotatable bonds is 4. The van der Waals surface area contributed by atoms with Gasteiger partial charge in [-0.3, -0.25) is 0 Å². The van der Waals surface area contributed by atoms with Crippen LogP contribution in [0, 0.1) is 6.92 Å². The molecule has 3 nitrogen and oxygen atoms in total. The summed E-state index contributed by atoms with van der Waals surface area (Å²) in [5, 5.41) is 9.66. The summed E-state index contributed by atoms with van der Waals surface area (Å²) in [6.07, 6.45) is 1.27. The monoisotopic (exact) mass is 256 g/mol. The van der Waals surface area contributed by atoms with Crippen LogP contribution in [-0.2, 0) is 0 Å². The molecule has 0 spiro atoms. The molecular weight excluding hydrogens is 236 g/mol. The van der Waals surface area contributed by atoms with Gasteiger partial charge in [-0.05, 0) is 50.6 Å². The molecule has 0 aliphatic rings. The van der Waals surface area contributed by atoms with Crippen molar-refractivity contribution in [1.29, 1.82) is 0 Å². The topological polar surface area (TPSA) is 36.4 Å². The highest BCUT2D eigenvalue weighted by atomic mass is 16.3. The number of nitrogens with zero attached hydrogens (tertiary/aromatic N) is 2. The maximum atomic E-state index is 9.66. The van der Waals surface area contributed by atoms with E-state index in [-0.39, 0.29) is 0 Å². The van der Waals surface area contributed by atoms with E-state index in [9.17, 15) is 5.11 Å². The summed E-state index contributed by atoms with van der Waals surface area (Å²) in [5.74, 6) is 0.866. The number of aliphatic hydroxyl groups is 1.